The first kappa shape index (κ1) is 15.1. The highest BCUT2D eigenvalue weighted by molar-refractivity contribution is 5.82. The number of carbonyl (C=O) groups excluding carboxylic acids is 1. The summed E-state index contributed by atoms with van der Waals surface area (Å²) in [5, 5.41) is 9.55. The lowest BCUT2D eigenvalue weighted by atomic mass is 10.1. The fourth-order valence-corrected chi connectivity index (χ4v) is 1.80. The van der Waals surface area contributed by atoms with Crippen molar-refractivity contribution < 1.29 is 14.6 Å². The number of hydrogen-bond donors (Lipinski definition) is 1. The van der Waals surface area contributed by atoms with E-state index in [0.717, 1.165) is 17.8 Å². The third-order valence-electron chi connectivity index (χ3n) is 2.78. The number of phenols is 1. The number of aryl methyl sites for hydroxylation is 1. The maximum atomic E-state index is 11.2. The van der Waals surface area contributed by atoms with Gasteiger partial charge in [-0.1, -0.05) is 12.1 Å². The van der Waals surface area contributed by atoms with E-state index >= 15 is 0 Å². The minimum Gasteiger partial charge on any atom is -0.508 e. The predicted octanol–water partition coefficient (Wildman–Crippen LogP) is 2.65. The van der Waals surface area contributed by atoms with Gasteiger partial charge in [0.15, 0.2) is 0 Å². The lowest BCUT2D eigenvalue weighted by Crippen LogP contribution is -2.23. The van der Waals surface area contributed by atoms with Crippen molar-refractivity contribution in [2.75, 3.05) is 24.6 Å². The Morgan fingerprint density at radius 3 is 2.79 bits per heavy atom. The Morgan fingerprint density at radius 1 is 1.42 bits per heavy atom. The summed E-state index contributed by atoms with van der Waals surface area (Å²) in [6.45, 7) is 7.57. The van der Waals surface area contributed by atoms with E-state index in [0.29, 0.717) is 13.2 Å². The van der Waals surface area contributed by atoms with E-state index in [-0.39, 0.29) is 11.7 Å². The van der Waals surface area contributed by atoms with Crippen molar-refractivity contribution >= 4 is 11.7 Å². The van der Waals surface area contributed by atoms with E-state index in [1.165, 1.54) is 6.08 Å². The summed E-state index contributed by atoms with van der Waals surface area (Å²) in [5.74, 6) is -0.0837. The first-order valence-corrected chi connectivity index (χ1v) is 6.46. The maximum absolute atomic E-state index is 11.2. The van der Waals surface area contributed by atoms with Crippen LogP contribution < -0.4 is 4.90 Å². The molecule has 0 saturated carbocycles. The van der Waals surface area contributed by atoms with Crippen LogP contribution in [0.4, 0.5) is 5.69 Å². The Hall–Kier alpha value is -1.97. The Labute approximate surface area is 114 Å². The van der Waals surface area contributed by atoms with Gasteiger partial charge in [-0.2, -0.15) is 0 Å². The van der Waals surface area contributed by atoms with Crippen molar-refractivity contribution in [3.8, 4) is 5.75 Å². The summed E-state index contributed by atoms with van der Waals surface area (Å²) in [7, 11) is 0. The number of aromatic hydroxyl groups is 1. The van der Waals surface area contributed by atoms with Gasteiger partial charge in [0.25, 0.3) is 0 Å². The molecule has 4 nitrogen and oxygen atoms in total. The van der Waals surface area contributed by atoms with Crippen LogP contribution in [0.5, 0.6) is 5.75 Å². The van der Waals surface area contributed by atoms with E-state index in [1.807, 2.05) is 19.9 Å². The van der Waals surface area contributed by atoms with Crippen molar-refractivity contribution in [2.45, 2.75) is 20.8 Å². The van der Waals surface area contributed by atoms with Crippen molar-refractivity contribution in [1.82, 2.24) is 0 Å². The minimum absolute atomic E-state index is 0.244. The summed E-state index contributed by atoms with van der Waals surface area (Å²) in [4.78, 5) is 13.3. The van der Waals surface area contributed by atoms with Crippen molar-refractivity contribution in [3.63, 3.8) is 0 Å². The first-order chi connectivity index (χ1) is 9.08. The van der Waals surface area contributed by atoms with Crippen LogP contribution in [0.1, 0.15) is 19.4 Å². The zero-order chi connectivity index (χ0) is 14.3. The molecule has 0 radical (unpaired) electrons. The highest BCUT2D eigenvalue weighted by Gasteiger charge is 2.07. The molecule has 0 aromatic heterocycles. The van der Waals surface area contributed by atoms with E-state index in [9.17, 15) is 9.90 Å². The smallest absolute Gasteiger partial charge is 0.330 e. The van der Waals surface area contributed by atoms with Gasteiger partial charge in [-0.3, -0.25) is 0 Å². The molecular formula is C15H21NO3. The van der Waals surface area contributed by atoms with E-state index in [1.54, 1.807) is 25.1 Å². The van der Waals surface area contributed by atoms with Crippen LogP contribution >= 0.6 is 0 Å². The molecule has 0 aliphatic carbocycles. The highest BCUT2D eigenvalue weighted by Crippen LogP contribution is 2.24. The standard InChI is InChI=1S/C15H21NO3/c1-4-16(10-6-7-15(18)19-5-2)14-11-13(17)9-8-12(14)3/h6-9,11,17H,4-5,10H2,1-3H3/b7-6+. The van der Waals surface area contributed by atoms with Gasteiger partial charge in [-0.15, -0.1) is 0 Å². The molecule has 0 heterocycles. The largest absolute Gasteiger partial charge is 0.508 e. The number of phenolic OH excluding ortho intramolecular Hbond substituents is 1. The summed E-state index contributed by atoms with van der Waals surface area (Å²) in [6, 6.07) is 5.28. The summed E-state index contributed by atoms with van der Waals surface area (Å²) in [6.07, 6.45) is 3.20. The number of likely N-dealkylation sites (N-methyl/N-ethyl adjacent to an activating group) is 1. The lowest BCUT2D eigenvalue weighted by molar-refractivity contribution is -0.137. The molecule has 1 N–H and O–H groups in total. The molecule has 0 saturated heterocycles. The number of rotatable bonds is 6. The Morgan fingerprint density at radius 2 is 2.16 bits per heavy atom. The molecule has 0 unspecified atom stereocenters. The molecule has 1 aromatic carbocycles. The summed E-state index contributed by atoms with van der Waals surface area (Å²) >= 11 is 0. The van der Waals surface area contributed by atoms with Gasteiger partial charge < -0.3 is 14.7 Å². The molecule has 1 aromatic rings. The van der Waals surface area contributed by atoms with Gasteiger partial charge >= 0.3 is 5.97 Å². The number of carbonyl (C=O) groups is 1. The third-order valence-corrected chi connectivity index (χ3v) is 2.78. The molecule has 0 fully saturated rings. The molecule has 4 heteroatoms. The molecule has 1 rings (SSSR count). The number of hydrogen-bond acceptors (Lipinski definition) is 4. The molecule has 0 amide bonds. The molecule has 0 spiro atoms. The number of anilines is 1. The summed E-state index contributed by atoms with van der Waals surface area (Å²) in [5.41, 5.74) is 2.06. The molecule has 0 aliphatic rings. The predicted molar refractivity (Wildman–Crippen MR) is 76.5 cm³/mol. The van der Waals surface area contributed by atoms with Crippen LogP contribution in [0.25, 0.3) is 0 Å². The van der Waals surface area contributed by atoms with Gasteiger partial charge in [-0.05, 0) is 32.4 Å². The quantitative estimate of drug-likeness (QED) is 0.633. The number of benzene rings is 1. The molecule has 0 bridgehead atoms. The van der Waals surface area contributed by atoms with Gasteiger partial charge in [0.2, 0.25) is 0 Å². The van der Waals surface area contributed by atoms with Crippen LogP contribution in [-0.2, 0) is 9.53 Å². The first-order valence-electron chi connectivity index (χ1n) is 6.46. The van der Waals surface area contributed by atoms with Gasteiger partial charge in [0, 0.05) is 30.9 Å². The molecule has 104 valence electrons. The minimum atomic E-state index is -0.328. The van der Waals surface area contributed by atoms with Crippen LogP contribution in [0.2, 0.25) is 0 Å². The second-order valence-electron chi connectivity index (χ2n) is 4.16. The molecule has 19 heavy (non-hydrogen) atoms. The van der Waals surface area contributed by atoms with E-state index in [4.69, 9.17) is 4.74 Å². The second kappa shape index (κ2) is 7.46. The zero-order valence-corrected chi connectivity index (χ0v) is 11.7. The Balaban J connectivity index is 2.73. The van der Waals surface area contributed by atoms with Gasteiger partial charge in [0.1, 0.15) is 5.75 Å². The van der Waals surface area contributed by atoms with Crippen molar-refractivity contribution in [2.24, 2.45) is 0 Å². The Kier molecular flexibility index (Phi) is 5.93. The fourth-order valence-electron chi connectivity index (χ4n) is 1.80. The van der Waals surface area contributed by atoms with Crippen LogP contribution in [0, 0.1) is 6.92 Å². The average Bonchev–Trinajstić information content (AvgIpc) is 2.38. The third kappa shape index (κ3) is 4.66. The number of ether oxygens (including phenoxy) is 1. The van der Waals surface area contributed by atoms with E-state index in [2.05, 4.69) is 4.90 Å². The van der Waals surface area contributed by atoms with Crippen molar-refractivity contribution in [1.29, 1.82) is 0 Å². The zero-order valence-electron chi connectivity index (χ0n) is 11.7. The Bertz CT molecular complexity index is 455. The molecular weight excluding hydrogens is 242 g/mol. The highest BCUT2D eigenvalue weighted by atomic mass is 16.5. The molecule has 0 aliphatic heterocycles. The normalized spacial score (nSPS) is 10.7. The van der Waals surface area contributed by atoms with Gasteiger partial charge in [0.05, 0.1) is 6.61 Å². The second-order valence-corrected chi connectivity index (χ2v) is 4.16. The molecule has 0 atom stereocenters. The van der Waals surface area contributed by atoms with Crippen molar-refractivity contribution in [3.05, 3.63) is 35.9 Å². The van der Waals surface area contributed by atoms with Gasteiger partial charge in [-0.25, -0.2) is 4.79 Å². The average molecular weight is 263 g/mol. The lowest BCUT2D eigenvalue weighted by Gasteiger charge is -2.23. The number of nitrogens with zero attached hydrogens (tertiary/aromatic N) is 1. The number of esters is 1. The van der Waals surface area contributed by atoms with E-state index < -0.39 is 0 Å². The summed E-state index contributed by atoms with van der Waals surface area (Å²) < 4.78 is 4.82. The topological polar surface area (TPSA) is 49.8 Å². The fraction of sp³-hybridized carbons (Fsp3) is 0.400. The monoisotopic (exact) mass is 263 g/mol. The van der Waals surface area contributed by atoms with Crippen LogP contribution in [0.15, 0.2) is 30.4 Å². The van der Waals surface area contributed by atoms with Crippen LogP contribution in [0.3, 0.4) is 0 Å². The van der Waals surface area contributed by atoms with Crippen LogP contribution in [-0.4, -0.2) is 30.8 Å². The SMILES string of the molecule is CCOC(=O)/C=C/CN(CC)c1cc(O)ccc1C. The maximum Gasteiger partial charge on any atom is 0.330 e.